The first-order chi connectivity index (χ1) is 12.4. The number of hydrogen-bond donors (Lipinski definition) is 1. The van der Waals surface area contributed by atoms with Gasteiger partial charge in [0.2, 0.25) is 0 Å². The molecule has 3 rings (SSSR count). The maximum absolute atomic E-state index is 14.0. The Kier molecular flexibility index (Phi) is 5.84. The zero-order valence-electron chi connectivity index (χ0n) is 14.5. The van der Waals surface area contributed by atoms with Gasteiger partial charge >= 0.3 is 0 Å². The summed E-state index contributed by atoms with van der Waals surface area (Å²) in [6, 6.07) is 11.1. The first-order valence-electron chi connectivity index (χ1n) is 8.45. The highest BCUT2D eigenvalue weighted by Gasteiger charge is 2.23. The number of nitrogens with zero attached hydrogens (tertiary/aromatic N) is 2. The summed E-state index contributed by atoms with van der Waals surface area (Å²) in [5.74, 6) is -0.783. The number of benzene rings is 2. The molecule has 26 heavy (non-hydrogen) atoms. The summed E-state index contributed by atoms with van der Waals surface area (Å²) in [6.07, 6.45) is 0. The zero-order valence-corrected chi connectivity index (χ0v) is 16.9. The largest absolute Gasteiger partial charge is 0.367 e. The highest BCUT2D eigenvalue weighted by Crippen LogP contribution is 2.30. The Bertz CT molecular complexity index is 884. The number of nitrogens with one attached hydrogen (secondary N) is 1. The molecule has 1 aliphatic rings. The van der Waals surface area contributed by atoms with E-state index in [-0.39, 0.29) is 4.90 Å². The van der Waals surface area contributed by atoms with Gasteiger partial charge in [0.25, 0.3) is 10.0 Å². The van der Waals surface area contributed by atoms with E-state index in [0.29, 0.717) is 10.2 Å². The van der Waals surface area contributed by atoms with E-state index < -0.39 is 15.8 Å². The van der Waals surface area contributed by atoms with Crippen LogP contribution in [0.15, 0.2) is 51.8 Å². The lowest BCUT2D eigenvalue weighted by Gasteiger charge is -2.36. The van der Waals surface area contributed by atoms with E-state index in [1.165, 1.54) is 12.1 Å². The highest BCUT2D eigenvalue weighted by atomic mass is 79.9. The van der Waals surface area contributed by atoms with Gasteiger partial charge in [-0.2, -0.15) is 0 Å². The van der Waals surface area contributed by atoms with Crippen LogP contribution in [0.4, 0.5) is 15.8 Å². The summed E-state index contributed by atoms with van der Waals surface area (Å²) in [5.41, 5.74) is 1.26. The quantitative estimate of drug-likeness (QED) is 0.770. The fourth-order valence-electron chi connectivity index (χ4n) is 3.02. The van der Waals surface area contributed by atoms with Crippen LogP contribution in [-0.4, -0.2) is 46.0 Å². The molecule has 0 atom stereocenters. The Hall–Kier alpha value is -1.64. The van der Waals surface area contributed by atoms with Gasteiger partial charge in [-0.3, -0.25) is 4.72 Å². The van der Waals surface area contributed by atoms with Crippen molar-refractivity contribution < 1.29 is 12.8 Å². The lowest BCUT2D eigenvalue weighted by atomic mass is 10.2. The normalized spacial score (nSPS) is 15.9. The molecule has 1 fully saturated rings. The predicted molar refractivity (Wildman–Crippen MR) is 106 cm³/mol. The van der Waals surface area contributed by atoms with E-state index in [1.54, 1.807) is 12.1 Å². The topological polar surface area (TPSA) is 52.6 Å². The molecule has 2 aromatic carbocycles. The van der Waals surface area contributed by atoms with Crippen LogP contribution in [0.5, 0.6) is 0 Å². The average Bonchev–Trinajstić information content (AvgIpc) is 2.64. The minimum absolute atomic E-state index is 0.377. The molecule has 2 aromatic rings. The predicted octanol–water partition coefficient (Wildman–Crippen LogP) is 3.53. The van der Waals surface area contributed by atoms with Gasteiger partial charge in [-0.25, -0.2) is 12.8 Å². The fourth-order valence-corrected chi connectivity index (χ4v) is 4.72. The Morgan fingerprint density at radius 3 is 2.50 bits per heavy atom. The Morgan fingerprint density at radius 2 is 1.81 bits per heavy atom. The van der Waals surface area contributed by atoms with Crippen LogP contribution < -0.4 is 9.62 Å². The SMILES string of the molecule is CCN1CCN(c2ccccc2NS(=O)(=O)c2cc(Br)ccc2F)CC1. The third-order valence-corrected chi connectivity index (χ3v) is 6.37. The van der Waals surface area contributed by atoms with E-state index in [2.05, 4.69) is 37.4 Å². The second kappa shape index (κ2) is 7.94. The van der Waals surface area contributed by atoms with Gasteiger partial charge in [-0.15, -0.1) is 0 Å². The summed E-state index contributed by atoms with van der Waals surface area (Å²) in [7, 11) is -4.04. The summed E-state index contributed by atoms with van der Waals surface area (Å²) in [4.78, 5) is 4.12. The molecule has 1 saturated heterocycles. The van der Waals surface area contributed by atoms with Gasteiger partial charge in [0.1, 0.15) is 10.7 Å². The minimum Gasteiger partial charge on any atom is -0.367 e. The van der Waals surface area contributed by atoms with Gasteiger partial charge in [0, 0.05) is 30.7 Å². The van der Waals surface area contributed by atoms with Crippen molar-refractivity contribution in [3.05, 3.63) is 52.8 Å². The van der Waals surface area contributed by atoms with Crippen molar-refractivity contribution in [2.75, 3.05) is 42.3 Å². The van der Waals surface area contributed by atoms with Crippen LogP contribution in [0, 0.1) is 5.82 Å². The van der Waals surface area contributed by atoms with E-state index >= 15 is 0 Å². The van der Waals surface area contributed by atoms with Crippen molar-refractivity contribution in [3.63, 3.8) is 0 Å². The van der Waals surface area contributed by atoms with Crippen LogP contribution >= 0.6 is 15.9 Å². The molecule has 1 aliphatic heterocycles. The third-order valence-electron chi connectivity index (χ3n) is 4.49. The number of halogens is 2. The van der Waals surface area contributed by atoms with Crippen LogP contribution in [0.2, 0.25) is 0 Å². The first kappa shape index (κ1) is 19.1. The van der Waals surface area contributed by atoms with Gasteiger partial charge < -0.3 is 9.80 Å². The van der Waals surface area contributed by atoms with E-state index in [4.69, 9.17) is 0 Å². The van der Waals surface area contributed by atoms with Gasteiger partial charge in [0.05, 0.1) is 11.4 Å². The molecule has 0 bridgehead atoms. The van der Waals surface area contributed by atoms with Crippen LogP contribution in [0.25, 0.3) is 0 Å². The Balaban J connectivity index is 1.88. The molecule has 0 amide bonds. The molecule has 1 heterocycles. The maximum Gasteiger partial charge on any atom is 0.264 e. The zero-order chi connectivity index (χ0) is 18.7. The van der Waals surface area contributed by atoms with E-state index in [1.807, 2.05) is 12.1 Å². The summed E-state index contributed by atoms with van der Waals surface area (Å²) in [5, 5.41) is 0. The van der Waals surface area contributed by atoms with Crippen molar-refractivity contribution in [1.29, 1.82) is 0 Å². The second-order valence-corrected chi connectivity index (χ2v) is 8.69. The van der Waals surface area contributed by atoms with Crippen molar-refractivity contribution in [3.8, 4) is 0 Å². The van der Waals surface area contributed by atoms with Crippen LogP contribution in [-0.2, 0) is 10.0 Å². The number of rotatable bonds is 5. The molecule has 0 spiro atoms. The lowest BCUT2D eigenvalue weighted by Crippen LogP contribution is -2.46. The average molecular weight is 442 g/mol. The van der Waals surface area contributed by atoms with Crippen molar-refractivity contribution >= 4 is 37.3 Å². The number of para-hydroxylation sites is 2. The van der Waals surface area contributed by atoms with Crippen LogP contribution in [0.1, 0.15) is 6.92 Å². The monoisotopic (exact) mass is 441 g/mol. The highest BCUT2D eigenvalue weighted by molar-refractivity contribution is 9.10. The number of hydrogen-bond acceptors (Lipinski definition) is 4. The number of piperazine rings is 1. The van der Waals surface area contributed by atoms with Crippen molar-refractivity contribution in [2.45, 2.75) is 11.8 Å². The maximum atomic E-state index is 14.0. The third kappa shape index (κ3) is 4.19. The summed E-state index contributed by atoms with van der Waals surface area (Å²) >= 11 is 3.19. The summed E-state index contributed by atoms with van der Waals surface area (Å²) in [6.45, 7) is 6.62. The van der Waals surface area contributed by atoms with Crippen LogP contribution in [0.3, 0.4) is 0 Å². The van der Waals surface area contributed by atoms with Crippen molar-refractivity contribution in [1.82, 2.24) is 4.90 Å². The molecule has 1 N–H and O–H groups in total. The molecule has 140 valence electrons. The Morgan fingerprint density at radius 1 is 1.12 bits per heavy atom. The van der Waals surface area contributed by atoms with Gasteiger partial charge in [0.15, 0.2) is 0 Å². The van der Waals surface area contributed by atoms with E-state index in [9.17, 15) is 12.8 Å². The summed E-state index contributed by atoms with van der Waals surface area (Å²) < 4.78 is 42.5. The second-order valence-electron chi connectivity index (χ2n) is 6.12. The minimum atomic E-state index is -4.04. The molecule has 0 radical (unpaired) electrons. The van der Waals surface area contributed by atoms with Crippen molar-refractivity contribution in [2.24, 2.45) is 0 Å². The number of anilines is 2. The molecule has 0 aromatic heterocycles. The first-order valence-corrected chi connectivity index (χ1v) is 10.7. The fraction of sp³-hybridized carbons (Fsp3) is 0.333. The molecule has 0 unspecified atom stereocenters. The molecular weight excluding hydrogens is 421 g/mol. The molecule has 5 nitrogen and oxygen atoms in total. The molecule has 0 aliphatic carbocycles. The molecule has 0 saturated carbocycles. The smallest absolute Gasteiger partial charge is 0.264 e. The standard InChI is InChI=1S/C18H21BrFN3O2S/c1-2-22-9-11-23(12-10-22)17-6-4-3-5-16(17)21-26(24,25)18-13-14(19)7-8-15(18)20/h3-8,13,21H,2,9-12H2,1H3. The van der Waals surface area contributed by atoms with E-state index in [0.717, 1.165) is 44.5 Å². The van der Waals surface area contributed by atoms with Gasteiger partial charge in [-0.1, -0.05) is 35.0 Å². The van der Waals surface area contributed by atoms with Gasteiger partial charge in [-0.05, 0) is 36.9 Å². The Labute approximate surface area is 162 Å². The molecule has 8 heteroatoms. The lowest BCUT2D eigenvalue weighted by molar-refractivity contribution is 0.271. The molecular formula is C18H21BrFN3O2S. The number of sulfonamides is 1. The number of likely N-dealkylation sites (N-methyl/N-ethyl adjacent to an activating group) is 1.